The van der Waals surface area contributed by atoms with Gasteiger partial charge in [-0.15, -0.1) is 0 Å². The van der Waals surface area contributed by atoms with Crippen LogP contribution < -0.4 is 0 Å². The first-order chi connectivity index (χ1) is 13.1. The molecule has 4 rings (SSSR count). The van der Waals surface area contributed by atoms with Gasteiger partial charge in [0.15, 0.2) is 0 Å². The molecular weight excluding hydrogens is 344 g/mol. The second kappa shape index (κ2) is 7.12. The molecule has 2 nitrogen and oxygen atoms in total. The van der Waals surface area contributed by atoms with E-state index in [0.717, 1.165) is 42.4 Å². The second-order valence-corrected chi connectivity index (χ2v) is 12.1. The topological polar surface area (TPSA) is 40.5 Å². The second-order valence-electron chi connectivity index (χ2n) is 12.1. The van der Waals surface area contributed by atoms with Crippen molar-refractivity contribution in [2.24, 2.45) is 40.4 Å². The van der Waals surface area contributed by atoms with Crippen molar-refractivity contribution in [1.29, 1.82) is 0 Å². The quantitative estimate of drug-likeness (QED) is 0.558. The minimum atomic E-state index is -0.973. The van der Waals surface area contributed by atoms with Gasteiger partial charge >= 0.3 is 0 Å². The summed E-state index contributed by atoms with van der Waals surface area (Å²) >= 11 is 0. The van der Waals surface area contributed by atoms with E-state index in [1.54, 1.807) is 13.8 Å². The van der Waals surface area contributed by atoms with Gasteiger partial charge in [0.2, 0.25) is 0 Å². The van der Waals surface area contributed by atoms with Gasteiger partial charge in [-0.3, -0.25) is 0 Å². The largest absolute Gasteiger partial charge is 0.390 e. The molecule has 2 N–H and O–H groups in total. The van der Waals surface area contributed by atoms with Crippen LogP contribution in [0.25, 0.3) is 0 Å². The first-order valence-electron chi connectivity index (χ1n) is 12.2. The van der Waals surface area contributed by atoms with Crippen molar-refractivity contribution >= 4 is 0 Å². The fourth-order valence-electron chi connectivity index (χ4n) is 8.24. The van der Waals surface area contributed by atoms with E-state index in [9.17, 15) is 10.2 Å². The van der Waals surface area contributed by atoms with E-state index >= 15 is 0 Å². The minimum absolute atomic E-state index is 0.499. The van der Waals surface area contributed by atoms with Crippen LogP contribution in [0.5, 0.6) is 0 Å². The average molecular weight is 389 g/mol. The molecule has 8 atom stereocenters. The zero-order valence-electron chi connectivity index (χ0n) is 19.0. The van der Waals surface area contributed by atoms with Crippen LogP contribution in [0.4, 0.5) is 0 Å². The Kier molecular flexibility index (Phi) is 5.32. The number of rotatable bonds is 5. The molecule has 0 spiro atoms. The van der Waals surface area contributed by atoms with Gasteiger partial charge in [0.05, 0.1) is 11.7 Å². The van der Waals surface area contributed by atoms with E-state index < -0.39 is 11.7 Å². The smallest absolute Gasteiger partial charge is 0.0849 e. The molecule has 0 aromatic carbocycles. The molecule has 0 amide bonds. The van der Waals surface area contributed by atoms with Crippen LogP contribution in [0.2, 0.25) is 0 Å². The Hall–Kier alpha value is -0.340. The Bertz CT molecular complexity index is 616. The Labute approximate surface area is 173 Å². The van der Waals surface area contributed by atoms with E-state index in [0.29, 0.717) is 10.8 Å². The summed E-state index contributed by atoms with van der Waals surface area (Å²) in [5.41, 5.74) is 1.89. The molecule has 160 valence electrons. The Morgan fingerprint density at radius 1 is 1.07 bits per heavy atom. The molecule has 8 unspecified atom stereocenters. The first kappa shape index (κ1) is 20.9. The summed E-state index contributed by atoms with van der Waals surface area (Å²) in [6, 6.07) is 0. The molecule has 0 bridgehead atoms. The van der Waals surface area contributed by atoms with Crippen LogP contribution in [-0.4, -0.2) is 21.9 Å². The lowest BCUT2D eigenvalue weighted by Crippen LogP contribution is -2.50. The van der Waals surface area contributed by atoms with E-state index in [2.05, 4.69) is 26.8 Å². The summed E-state index contributed by atoms with van der Waals surface area (Å²) in [5.74, 6) is 4.28. The number of fused-ring (bicyclic) bond motifs is 5. The van der Waals surface area contributed by atoms with Crippen molar-refractivity contribution in [3.8, 4) is 0 Å². The molecule has 0 aromatic heterocycles. The predicted octanol–water partition coefficient (Wildman–Crippen LogP) is 6.11. The van der Waals surface area contributed by atoms with Gasteiger partial charge in [0, 0.05) is 0 Å². The predicted molar refractivity (Wildman–Crippen MR) is 116 cm³/mol. The van der Waals surface area contributed by atoms with Crippen LogP contribution in [0.3, 0.4) is 0 Å². The Balaban J connectivity index is 1.44. The summed E-state index contributed by atoms with van der Waals surface area (Å²) in [5, 5.41) is 20.2. The molecule has 0 aromatic rings. The highest BCUT2D eigenvalue weighted by molar-refractivity contribution is 5.25. The molecule has 0 radical (unpaired) electrons. The zero-order valence-corrected chi connectivity index (χ0v) is 19.0. The molecule has 4 aliphatic rings. The maximum absolute atomic E-state index is 10.2. The molecule has 0 heterocycles. The van der Waals surface area contributed by atoms with E-state index in [1.807, 2.05) is 5.57 Å². The monoisotopic (exact) mass is 388 g/mol. The molecule has 4 aliphatic carbocycles. The van der Waals surface area contributed by atoms with Crippen molar-refractivity contribution in [1.82, 2.24) is 0 Å². The number of aliphatic hydroxyl groups excluding tert-OH is 1. The maximum atomic E-state index is 10.2. The summed E-state index contributed by atoms with van der Waals surface area (Å²) in [6.07, 6.45) is 14.9. The normalized spacial score (nSPS) is 46.5. The van der Waals surface area contributed by atoms with Gasteiger partial charge in [-0.25, -0.2) is 0 Å². The van der Waals surface area contributed by atoms with Crippen molar-refractivity contribution in [2.75, 3.05) is 0 Å². The van der Waals surface area contributed by atoms with Crippen molar-refractivity contribution in [3.63, 3.8) is 0 Å². The average Bonchev–Trinajstić information content (AvgIpc) is 3.16. The third-order valence-corrected chi connectivity index (χ3v) is 10.2. The lowest BCUT2D eigenvalue weighted by molar-refractivity contribution is -0.0698. The summed E-state index contributed by atoms with van der Waals surface area (Å²) in [7, 11) is 0. The third-order valence-electron chi connectivity index (χ3n) is 10.2. The van der Waals surface area contributed by atoms with Crippen LogP contribution >= 0.6 is 0 Å². The summed E-state index contributed by atoms with van der Waals surface area (Å²) in [4.78, 5) is 0. The van der Waals surface area contributed by atoms with Gasteiger partial charge in [0.1, 0.15) is 0 Å². The first-order valence-corrected chi connectivity index (χ1v) is 12.2. The highest BCUT2D eigenvalue weighted by Crippen LogP contribution is 2.69. The molecule has 28 heavy (non-hydrogen) atoms. The molecule has 0 aliphatic heterocycles. The number of hydrogen-bond donors (Lipinski definition) is 2. The lowest BCUT2D eigenvalue weighted by atomic mass is 9.47. The van der Waals surface area contributed by atoms with Crippen LogP contribution in [0.15, 0.2) is 11.6 Å². The van der Waals surface area contributed by atoms with Gasteiger partial charge in [0.25, 0.3) is 0 Å². The van der Waals surface area contributed by atoms with Gasteiger partial charge in [-0.2, -0.15) is 0 Å². The molecular formula is C26H44O2. The third kappa shape index (κ3) is 3.22. The van der Waals surface area contributed by atoms with E-state index in [4.69, 9.17) is 0 Å². The zero-order chi connectivity index (χ0) is 20.3. The number of aliphatic hydroxyl groups is 2. The molecule has 2 heteroatoms. The van der Waals surface area contributed by atoms with Crippen LogP contribution in [-0.2, 0) is 0 Å². The Morgan fingerprint density at radius 2 is 1.79 bits per heavy atom. The number of allylic oxidation sites excluding steroid dienone is 2. The lowest BCUT2D eigenvalue weighted by Gasteiger charge is -2.58. The summed E-state index contributed by atoms with van der Waals surface area (Å²) in [6.45, 7) is 11.2. The van der Waals surface area contributed by atoms with Gasteiger partial charge in [-0.1, -0.05) is 38.8 Å². The van der Waals surface area contributed by atoms with Crippen molar-refractivity contribution < 1.29 is 10.2 Å². The molecule has 3 saturated carbocycles. The van der Waals surface area contributed by atoms with Gasteiger partial charge in [-0.05, 0) is 112 Å². The van der Waals surface area contributed by atoms with Crippen molar-refractivity contribution in [2.45, 2.75) is 111 Å². The Morgan fingerprint density at radius 3 is 2.50 bits per heavy atom. The fourth-order valence-corrected chi connectivity index (χ4v) is 8.24. The van der Waals surface area contributed by atoms with Gasteiger partial charge < -0.3 is 10.2 Å². The minimum Gasteiger partial charge on any atom is -0.390 e. The fraction of sp³-hybridized carbons (Fsp3) is 0.923. The highest BCUT2D eigenvalue weighted by atomic mass is 16.3. The van der Waals surface area contributed by atoms with E-state index in [-0.39, 0.29) is 0 Å². The summed E-state index contributed by atoms with van der Waals surface area (Å²) < 4.78 is 0. The van der Waals surface area contributed by atoms with Crippen molar-refractivity contribution in [3.05, 3.63) is 11.6 Å². The van der Waals surface area contributed by atoms with E-state index in [1.165, 1.54) is 51.4 Å². The number of hydrogen-bond acceptors (Lipinski definition) is 2. The standard InChI is InChI=1S/C26H44O2/c1-17-9-12-20-19(17)11-14-22-21-13-10-18(7-6-8-23(27)24(2,3)28)25(21,4)15-16-26(20,22)5/h11,17-18,20-23,27-28H,6-10,12-16H2,1-5H3. The molecule has 3 fully saturated rings. The SMILES string of the molecule is CC1CCC2C1=CCC1C3CCC(CCCC(O)C(C)(C)O)C3(C)CCC21C. The van der Waals surface area contributed by atoms with Crippen LogP contribution in [0, 0.1) is 40.4 Å². The van der Waals surface area contributed by atoms with Crippen LogP contribution in [0.1, 0.15) is 98.8 Å². The maximum Gasteiger partial charge on any atom is 0.0849 e. The molecule has 0 saturated heterocycles. The highest BCUT2D eigenvalue weighted by Gasteiger charge is 2.60.